The second-order valence-electron chi connectivity index (χ2n) is 14.7. The summed E-state index contributed by atoms with van der Waals surface area (Å²) in [6, 6.07) is 6.03. The van der Waals surface area contributed by atoms with Crippen molar-refractivity contribution >= 4 is 29.6 Å². The molecule has 0 unspecified atom stereocenters. The van der Waals surface area contributed by atoms with Gasteiger partial charge < -0.3 is 15.4 Å². The molecule has 1 saturated heterocycles. The lowest BCUT2D eigenvalue weighted by Crippen LogP contribution is -2.47. The number of aromatic nitrogens is 5. The van der Waals surface area contributed by atoms with Crippen LogP contribution in [0.2, 0.25) is 5.02 Å². The van der Waals surface area contributed by atoms with Gasteiger partial charge in [0.05, 0.1) is 29.0 Å². The Morgan fingerprint density at radius 1 is 1.17 bits per heavy atom. The smallest absolute Gasteiger partial charge is 0.407 e. The van der Waals surface area contributed by atoms with Crippen molar-refractivity contribution in [3.63, 3.8) is 0 Å². The second kappa shape index (κ2) is 13.1. The number of amides is 2. The molecule has 2 saturated carbocycles. The third-order valence-electron chi connectivity index (χ3n) is 9.40. The monoisotopic (exact) mass is 759 g/mol. The molecule has 53 heavy (non-hydrogen) atoms. The van der Waals surface area contributed by atoms with Gasteiger partial charge in [-0.2, -0.15) is 10.2 Å². The van der Waals surface area contributed by atoms with E-state index >= 15 is 4.39 Å². The van der Waals surface area contributed by atoms with Gasteiger partial charge in [0.2, 0.25) is 0 Å². The molecule has 12 nitrogen and oxygen atoms in total. The number of hydrogen-bond acceptors (Lipinski definition) is 7. The quantitative estimate of drug-likeness (QED) is 0.139. The Labute approximate surface area is 305 Å². The summed E-state index contributed by atoms with van der Waals surface area (Å²) in [5, 5.41) is 22.4. The zero-order valence-corrected chi connectivity index (χ0v) is 29.5. The molecule has 2 aromatic heterocycles. The molecule has 2 amide bonds. The molecule has 3 N–H and O–H groups in total. The van der Waals surface area contributed by atoms with Crippen LogP contribution in [0.25, 0.3) is 16.8 Å². The molecular formula is C35H35ClF5N9O3. The highest BCUT2D eigenvalue weighted by atomic mass is 35.5. The summed E-state index contributed by atoms with van der Waals surface area (Å²) in [5.41, 5.74) is -1.13. The van der Waals surface area contributed by atoms with Gasteiger partial charge in [0.15, 0.2) is 11.8 Å². The highest BCUT2D eigenvalue weighted by Gasteiger charge is 2.58. The van der Waals surface area contributed by atoms with Gasteiger partial charge in [-0.3, -0.25) is 19.8 Å². The maximum Gasteiger partial charge on any atom is 0.407 e. The van der Waals surface area contributed by atoms with Crippen molar-refractivity contribution in [1.82, 2.24) is 40.1 Å². The molecule has 3 heterocycles. The van der Waals surface area contributed by atoms with Crippen molar-refractivity contribution in [3.8, 4) is 16.8 Å². The largest absolute Gasteiger partial charge is 0.447 e. The van der Waals surface area contributed by atoms with Crippen LogP contribution < -0.4 is 10.6 Å². The number of carbonyl (C=O) groups excluding carboxylic acids is 2. The topological polar surface area (TPSA) is 143 Å². The molecule has 2 aromatic carbocycles. The fraction of sp³-hybridized carbons (Fsp3) is 0.429. The molecule has 2 aliphatic carbocycles. The highest BCUT2D eigenvalue weighted by molar-refractivity contribution is 6.32. The molecule has 3 fully saturated rings. The van der Waals surface area contributed by atoms with Crippen LogP contribution in [-0.2, 0) is 15.1 Å². The van der Waals surface area contributed by atoms with Crippen LogP contribution in [0.5, 0.6) is 0 Å². The summed E-state index contributed by atoms with van der Waals surface area (Å²) in [7, 11) is 0. The van der Waals surface area contributed by atoms with Gasteiger partial charge in [-0.1, -0.05) is 50.6 Å². The summed E-state index contributed by atoms with van der Waals surface area (Å²) >= 11 is 6.42. The van der Waals surface area contributed by atoms with Gasteiger partial charge in [-0.15, -0.1) is 0 Å². The summed E-state index contributed by atoms with van der Waals surface area (Å²) < 4.78 is 78.8. The number of nitrogens with zero attached hydrogens (tertiary/aromatic N) is 6. The minimum Gasteiger partial charge on any atom is -0.447 e. The van der Waals surface area contributed by atoms with Crippen LogP contribution in [0.4, 0.5) is 26.7 Å². The zero-order chi connectivity index (χ0) is 38.0. The molecule has 0 spiro atoms. The summed E-state index contributed by atoms with van der Waals surface area (Å²) in [6.07, 6.45) is 1.53. The standard InChI is InChI=1S/C35H35ClF5N9O3/c1-33(2,3)16-34(20-5-8-22(24(37)11-20)19-13-44-48(14-19)21-6-7-21)30(51)49(31(42)47-34)26(15-53-32(52)46-27-12-35(27,40)41)18-4-9-23(36)25(10-18)50-29(28(38)39)43-17-45-50/h4-5,8-11,13-14,17,21,26-28H,6-7,12,15-16H2,1-3H3,(H2,42,47)(H,46,52)/t26-,27+,34-/m1/s1. The fourth-order valence-corrected chi connectivity index (χ4v) is 6.87. The number of guanidine groups is 1. The third kappa shape index (κ3) is 7.05. The van der Waals surface area contributed by atoms with Crippen LogP contribution in [0.1, 0.15) is 81.9 Å². The number of halogens is 6. The number of carbonyl (C=O) groups is 2. The van der Waals surface area contributed by atoms with Crippen LogP contribution in [0.3, 0.4) is 0 Å². The number of alkyl halides is 4. The first kappa shape index (κ1) is 36.3. The lowest BCUT2D eigenvalue weighted by Gasteiger charge is -2.35. The minimum atomic E-state index is -3.09. The molecule has 0 bridgehead atoms. The molecule has 7 rings (SSSR count). The Morgan fingerprint density at radius 3 is 2.55 bits per heavy atom. The average Bonchev–Trinajstić information content (AvgIpc) is 3.81. The Morgan fingerprint density at radius 2 is 1.91 bits per heavy atom. The maximum absolute atomic E-state index is 16.0. The molecule has 4 aromatic rings. The van der Waals surface area contributed by atoms with E-state index in [0.29, 0.717) is 5.56 Å². The third-order valence-corrected chi connectivity index (χ3v) is 9.72. The van der Waals surface area contributed by atoms with Crippen molar-refractivity contribution in [2.24, 2.45) is 5.41 Å². The maximum atomic E-state index is 16.0. The van der Waals surface area contributed by atoms with Gasteiger partial charge in [-0.25, -0.2) is 36.4 Å². The molecular weight excluding hydrogens is 725 g/mol. The van der Waals surface area contributed by atoms with Gasteiger partial charge in [0, 0.05) is 23.7 Å². The van der Waals surface area contributed by atoms with Crippen molar-refractivity contribution in [3.05, 3.63) is 82.9 Å². The number of benzene rings is 2. The Bertz CT molecular complexity index is 2100. The number of hydrogen-bond donors (Lipinski definition) is 3. The normalized spacial score (nSPS) is 21.5. The van der Waals surface area contributed by atoms with Gasteiger partial charge in [0.1, 0.15) is 30.3 Å². The van der Waals surface area contributed by atoms with E-state index in [4.69, 9.17) is 21.7 Å². The van der Waals surface area contributed by atoms with Crippen molar-refractivity contribution in [2.75, 3.05) is 6.61 Å². The first-order valence-electron chi connectivity index (χ1n) is 16.8. The van der Waals surface area contributed by atoms with Crippen molar-refractivity contribution < 1.29 is 36.3 Å². The Kier molecular flexibility index (Phi) is 8.98. The number of nitrogens with one attached hydrogen (secondary N) is 3. The zero-order valence-electron chi connectivity index (χ0n) is 28.7. The first-order chi connectivity index (χ1) is 25.0. The summed E-state index contributed by atoms with van der Waals surface area (Å²) in [4.78, 5) is 32.2. The predicted molar refractivity (Wildman–Crippen MR) is 181 cm³/mol. The molecule has 1 aliphatic heterocycles. The molecule has 0 radical (unpaired) electrons. The van der Waals surface area contributed by atoms with E-state index in [0.717, 1.165) is 28.8 Å². The van der Waals surface area contributed by atoms with E-state index in [9.17, 15) is 27.2 Å². The Hall–Kier alpha value is -5.06. The van der Waals surface area contributed by atoms with E-state index in [2.05, 4.69) is 25.8 Å². The summed E-state index contributed by atoms with van der Waals surface area (Å²) in [5.74, 6) is -5.58. The number of ether oxygens (including phenoxy) is 1. The SMILES string of the molecule is CC(C)(C)C[C@]1(c2ccc(-c3cnn(C4CC4)c3)c(F)c2)NC(=N)N([C@H](COC(=O)N[C@H]2CC2(F)F)c2ccc(Cl)c(-n3ncnc3C(F)F)c2)C1=O. The molecule has 3 aliphatic rings. The van der Waals surface area contributed by atoms with E-state index in [-0.39, 0.29) is 39.9 Å². The van der Waals surface area contributed by atoms with Crippen LogP contribution in [-0.4, -0.2) is 66.0 Å². The first-order valence-corrected chi connectivity index (χ1v) is 17.2. The van der Waals surface area contributed by atoms with Gasteiger partial charge >= 0.3 is 6.09 Å². The van der Waals surface area contributed by atoms with E-state index in [1.54, 1.807) is 29.2 Å². The highest BCUT2D eigenvalue weighted by Crippen LogP contribution is 2.44. The molecule has 280 valence electrons. The van der Waals surface area contributed by atoms with Crippen molar-refractivity contribution in [2.45, 2.75) is 82.5 Å². The fourth-order valence-electron chi connectivity index (χ4n) is 6.68. The number of alkyl carbamates (subject to hydrolysis) is 1. The van der Waals surface area contributed by atoms with E-state index in [1.165, 1.54) is 24.3 Å². The summed E-state index contributed by atoms with van der Waals surface area (Å²) in [6.45, 7) is 4.95. The Balaban J connectivity index is 1.27. The van der Waals surface area contributed by atoms with Crippen LogP contribution in [0.15, 0.2) is 55.1 Å². The van der Waals surface area contributed by atoms with Crippen molar-refractivity contribution in [1.29, 1.82) is 5.41 Å². The lowest BCUT2D eigenvalue weighted by atomic mass is 9.75. The lowest BCUT2D eigenvalue weighted by molar-refractivity contribution is -0.134. The molecule has 18 heteroatoms. The molecule has 3 atom stereocenters. The van der Waals surface area contributed by atoms with Gasteiger partial charge in [-0.05, 0) is 54.0 Å². The van der Waals surface area contributed by atoms with E-state index < -0.39 is 78.0 Å². The number of rotatable bonds is 11. The average molecular weight is 760 g/mol. The van der Waals surface area contributed by atoms with Crippen LogP contribution >= 0.6 is 11.6 Å². The second-order valence-corrected chi connectivity index (χ2v) is 15.2. The minimum absolute atomic E-state index is 0.0178. The van der Waals surface area contributed by atoms with Crippen LogP contribution in [0, 0.1) is 16.6 Å². The van der Waals surface area contributed by atoms with E-state index in [1.807, 2.05) is 20.8 Å². The van der Waals surface area contributed by atoms with Gasteiger partial charge in [0.25, 0.3) is 18.3 Å². The predicted octanol–water partition coefficient (Wildman–Crippen LogP) is 7.07.